The van der Waals surface area contributed by atoms with E-state index < -0.39 is 6.17 Å². The molecule has 0 amide bonds. The molecule has 0 unspecified atom stereocenters. The fourth-order valence-corrected chi connectivity index (χ4v) is 3.37. The Hall–Kier alpha value is -0.930. The van der Waals surface area contributed by atoms with Crippen molar-refractivity contribution in [2.75, 3.05) is 26.2 Å². The summed E-state index contributed by atoms with van der Waals surface area (Å²) in [6.07, 6.45) is 0.0649. The SMILES string of the molecule is CC1(C)CN[C@@H](CN2CC[C@H](F)C2)c2ccccc21. The third-order valence-corrected chi connectivity index (χ3v) is 4.51. The number of halogens is 1. The maximum Gasteiger partial charge on any atom is 0.114 e. The van der Waals surface area contributed by atoms with Crippen LogP contribution in [0.4, 0.5) is 4.39 Å². The van der Waals surface area contributed by atoms with E-state index in [1.165, 1.54) is 11.1 Å². The van der Waals surface area contributed by atoms with E-state index in [0.29, 0.717) is 19.0 Å². The standard InChI is InChI=1S/C16H23FN2/c1-16(2)11-18-15(10-19-8-7-12(17)9-19)13-5-3-4-6-14(13)16/h3-6,12,15,18H,7-11H2,1-2H3/t12-,15-/m0/s1. The summed E-state index contributed by atoms with van der Waals surface area (Å²) in [5.74, 6) is 0. The molecule has 0 radical (unpaired) electrons. The van der Waals surface area contributed by atoms with Crippen LogP contribution in [0.3, 0.4) is 0 Å². The average Bonchev–Trinajstić information content (AvgIpc) is 2.79. The minimum atomic E-state index is -0.629. The second kappa shape index (κ2) is 4.88. The second-order valence-corrected chi connectivity index (χ2v) is 6.55. The van der Waals surface area contributed by atoms with Crippen LogP contribution < -0.4 is 5.32 Å². The smallest absolute Gasteiger partial charge is 0.114 e. The molecule has 2 aliphatic heterocycles. The first-order valence-corrected chi connectivity index (χ1v) is 7.25. The van der Waals surface area contributed by atoms with Gasteiger partial charge < -0.3 is 5.32 Å². The van der Waals surface area contributed by atoms with Crippen molar-refractivity contribution >= 4 is 0 Å². The van der Waals surface area contributed by atoms with Crippen molar-refractivity contribution in [3.63, 3.8) is 0 Å². The Morgan fingerprint density at radius 1 is 1.37 bits per heavy atom. The van der Waals surface area contributed by atoms with Gasteiger partial charge in [0, 0.05) is 37.6 Å². The van der Waals surface area contributed by atoms with Crippen molar-refractivity contribution in [3.8, 4) is 0 Å². The predicted molar refractivity (Wildman–Crippen MR) is 76.2 cm³/mol. The highest BCUT2D eigenvalue weighted by atomic mass is 19.1. The summed E-state index contributed by atoms with van der Waals surface area (Å²) in [7, 11) is 0. The van der Waals surface area contributed by atoms with E-state index in [4.69, 9.17) is 0 Å². The van der Waals surface area contributed by atoms with Crippen LogP contribution in [0.1, 0.15) is 37.4 Å². The zero-order chi connectivity index (χ0) is 13.5. The predicted octanol–water partition coefficient (Wildman–Crippen LogP) is 2.65. The fraction of sp³-hybridized carbons (Fsp3) is 0.625. The molecular formula is C16H23FN2. The number of nitrogens with one attached hydrogen (secondary N) is 1. The van der Waals surface area contributed by atoms with E-state index in [-0.39, 0.29) is 5.41 Å². The zero-order valence-electron chi connectivity index (χ0n) is 11.8. The second-order valence-electron chi connectivity index (χ2n) is 6.55. The normalized spacial score (nSPS) is 30.3. The lowest BCUT2D eigenvalue weighted by Gasteiger charge is -2.39. The Bertz CT molecular complexity index is 458. The molecular weight excluding hydrogens is 239 g/mol. The number of hydrogen-bond acceptors (Lipinski definition) is 2. The highest BCUT2D eigenvalue weighted by Crippen LogP contribution is 2.34. The summed E-state index contributed by atoms with van der Waals surface area (Å²) in [4.78, 5) is 2.25. The van der Waals surface area contributed by atoms with Gasteiger partial charge in [0.1, 0.15) is 6.17 Å². The maximum absolute atomic E-state index is 13.3. The molecule has 2 atom stereocenters. The number of fused-ring (bicyclic) bond motifs is 1. The Balaban J connectivity index is 1.80. The molecule has 1 aromatic rings. The van der Waals surface area contributed by atoms with Gasteiger partial charge in [0.2, 0.25) is 0 Å². The third-order valence-electron chi connectivity index (χ3n) is 4.51. The van der Waals surface area contributed by atoms with Crippen LogP contribution in [0.2, 0.25) is 0 Å². The molecule has 1 N–H and O–H groups in total. The third kappa shape index (κ3) is 2.54. The van der Waals surface area contributed by atoms with Gasteiger partial charge in [-0.25, -0.2) is 4.39 Å². The highest BCUT2D eigenvalue weighted by Gasteiger charge is 2.33. The van der Waals surface area contributed by atoms with E-state index in [0.717, 1.165) is 19.6 Å². The molecule has 1 aromatic carbocycles. The van der Waals surface area contributed by atoms with Gasteiger partial charge in [-0.05, 0) is 17.5 Å². The monoisotopic (exact) mass is 262 g/mol. The summed E-state index contributed by atoms with van der Waals surface area (Å²) in [5.41, 5.74) is 3.01. The van der Waals surface area contributed by atoms with E-state index >= 15 is 0 Å². The van der Waals surface area contributed by atoms with Crippen molar-refractivity contribution in [1.29, 1.82) is 0 Å². The lowest BCUT2D eigenvalue weighted by Crippen LogP contribution is -2.45. The lowest BCUT2D eigenvalue weighted by molar-refractivity contribution is 0.247. The molecule has 19 heavy (non-hydrogen) atoms. The molecule has 3 rings (SSSR count). The van der Waals surface area contributed by atoms with Crippen LogP contribution in [0.15, 0.2) is 24.3 Å². The van der Waals surface area contributed by atoms with Crippen molar-refractivity contribution < 1.29 is 4.39 Å². The van der Waals surface area contributed by atoms with Crippen molar-refractivity contribution in [2.24, 2.45) is 0 Å². The Labute approximate surface area is 115 Å². The Morgan fingerprint density at radius 3 is 2.89 bits per heavy atom. The average molecular weight is 262 g/mol. The molecule has 0 spiro atoms. The Morgan fingerprint density at radius 2 is 2.16 bits per heavy atom. The van der Waals surface area contributed by atoms with Gasteiger partial charge in [-0.15, -0.1) is 0 Å². The first-order chi connectivity index (χ1) is 9.06. The van der Waals surface area contributed by atoms with Crippen LogP contribution >= 0.6 is 0 Å². The van der Waals surface area contributed by atoms with E-state index in [1.54, 1.807) is 0 Å². The molecule has 0 aliphatic carbocycles. The topological polar surface area (TPSA) is 15.3 Å². The number of hydrogen-bond donors (Lipinski definition) is 1. The number of rotatable bonds is 2. The first-order valence-electron chi connectivity index (χ1n) is 7.25. The summed E-state index contributed by atoms with van der Waals surface area (Å²) in [5, 5.41) is 3.64. The van der Waals surface area contributed by atoms with Crippen molar-refractivity contribution in [3.05, 3.63) is 35.4 Å². The summed E-state index contributed by atoms with van der Waals surface area (Å²) in [6.45, 7) is 7.97. The highest BCUT2D eigenvalue weighted by molar-refractivity contribution is 5.38. The van der Waals surface area contributed by atoms with Gasteiger partial charge in [-0.3, -0.25) is 4.90 Å². The molecule has 3 heteroatoms. The van der Waals surface area contributed by atoms with Crippen LogP contribution in [-0.2, 0) is 5.41 Å². The Kier molecular flexibility index (Phi) is 3.35. The maximum atomic E-state index is 13.3. The molecule has 104 valence electrons. The van der Waals surface area contributed by atoms with Crippen LogP contribution in [-0.4, -0.2) is 37.3 Å². The van der Waals surface area contributed by atoms with E-state index in [2.05, 4.69) is 48.3 Å². The van der Waals surface area contributed by atoms with Crippen molar-refractivity contribution in [1.82, 2.24) is 10.2 Å². The largest absolute Gasteiger partial charge is 0.308 e. The first kappa shape index (κ1) is 13.1. The van der Waals surface area contributed by atoms with Gasteiger partial charge in [-0.2, -0.15) is 0 Å². The summed E-state index contributed by atoms with van der Waals surface area (Å²) >= 11 is 0. The van der Waals surface area contributed by atoms with Gasteiger partial charge in [0.15, 0.2) is 0 Å². The van der Waals surface area contributed by atoms with Crippen molar-refractivity contribution in [2.45, 2.75) is 37.9 Å². The molecule has 0 aromatic heterocycles. The quantitative estimate of drug-likeness (QED) is 0.881. The number of nitrogens with zero attached hydrogens (tertiary/aromatic N) is 1. The fourth-order valence-electron chi connectivity index (χ4n) is 3.37. The number of likely N-dealkylation sites (tertiary alicyclic amines) is 1. The molecule has 2 aliphatic rings. The van der Waals surface area contributed by atoms with Crippen LogP contribution in [0.5, 0.6) is 0 Å². The molecule has 2 nitrogen and oxygen atoms in total. The lowest BCUT2D eigenvalue weighted by atomic mass is 9.77. The molecule has 0 bridgehead atoms. The van der Waals surface area contributed by atoms with Crippen LogP contribution in [0.25, 0.3) is 0 Å². The number of benzene rings is 1. The molecule has 2 heterocycles. The zero-order valence-corrected chi connectivity index (χ0v) is 11.8. The van der Waals surface area contributed by atoms with Gasteiger partial charge in [0.05, 0.1) is 0 Å². The van der Waals surface area contributed by atoms with Crippen LogP contribution in [0, 0.1) is 0 Å². The summed E-state index contributed by atoms with van der Waals surface area (Å²) < 4.78 is 13.3. The molecule has 1 saturated heterocycles. The molecule has 0 saturated carbocycles. The van der Waals surface area contributed by atoms with Gasteiger partial charge in [0.25, 0.3) is 0 Å². The number of alkyl halides is 1. The minimum absolute atomic E-state index is 0.181. The summed E-state index contributed by atoms with van der Waals surface area (Å²) in [6, 6.07) is 9.03. The van der Waals surface area contributed by atoms with Gasteiger partial charge >= 0.3 is 0 Å². The van der Waals surface area contributed by atoms with Gasteiger partial charge in [-0.1, -0.05) is 38.1 Å². The minimum Gasteiger partial charge on any atom is -0.308 e. The van der Waals surface area contributed by atoms with E-state index in [9.17, 15) is 4.39 Å². The molecule has 1 fully saturated rings. The van der Waals surface area contributed by atoms with E-state index in [1.807, 2.05) is 0 Å².